The van der Waals surface area contributed by atoms with E-state index >= 15 is 0 Å². The molecular weight excluding hydrogens is 465 g/mol. The number of nitrogens with zero attached hydrogens (tertiary/aromatic N) is 3. The molecule has 6 heteroatoms. The minimum absolute atomic E-state index is 0.165. The number of aryl methyl sites for hydroxylation is 2. The molecule has 170 valence electrons. The highest BCUT2D eigenvalue weighted by atomic mass is 35.5. The van der Waals surface area contributed by atoms with Gasteiger partial charge in [-0.1, -0.05) is 59.6 Å². The predicted molar refractivity (Wildman–Crippen MR) is 140 cm³/mol. The molecule has 0 saturated heterocycles. The minimum atomic E-state index is -0.165. The monoisotopic (exact) mass is 487 g/mol. The third-order valence-corrected chi connectivity index (χ3v) is 6.95. The molecule has 5 rings (SSSR count). The average molecular weight is 488 g/mol. The molecule has 3 aromatic carbocycles. The molecule has 2 heterocycles. The molecule has 0 atom stereocenters. The Morgan fingerprint density at radius 3 is 2.38 bits per heavy atom. The molecule has 0 aliphatic rings. The van der Waals surface area contributed by atoms with Gasteiger partial charge in [-0.2, -0.15) is 5.10 Å². The Labute approximate surface area is 208 Å². The van der Waals surface area contributed by atoms with Gasteiger partial charge in [-0.3, -0.25) is 4.79 Å². The van der Waals surface area contributed by atoms with Crippen LogP contribution in [0, 0.1) is 13.8 Å². The largest absolute Gasteiger partial charge is 0.327 e. The summed E-state index contributed by atoms with van der Waals surface area (Å²) in [6.07, 6.45) is 2.30. The summed E-state index contributed by atoms with van der Waals surface area (Å²) in [4.78, 5) is 13.6. The summed E-state index contributed by atoms with van der Waals surface area (Å²) < 4.78 is 3.55. The van der Waals surface area contributed by atoms with Crippen molar-refractivity contribution in [3.8, 4) is 11.3 Å². The van der Waals surface area contributed by atoms with Gasteiger partial charge >= 0.3 is 0 Å². The summed E-state index contributed by atoms with van der Waals surface area (Å²) in [5.41, 5.74) is 6.28. The summed E-state index contributed by atoms with van der Waals surface area (Å²) in [5, 5.41) is 6.96. The van der Waals surface area contributed by atoms with Crippen molar-refractivity contribution in [2.75, 3.05) is 0 Å². The van der Waals surface area contributed by atoms with E-state index in [1.807, 2.05) is 47.2 Å². The summed E-state index contributed by atoms with van der Waals surface area (Å²) in [7, 11) is 0. The maximum atomic E-state index is 13.6. The molecule has 34 heavy (non-hydrogen) atoms. The van der Waals surface area contributed by atoms with E-state index in [-0.39, 0.29) is 5.56 Å². The Bertz CT molecular complexity index is 1560. The topological polar surface area (TPSA) is 39.8 Å². The number of aromatic nitrogens is 3. The van der Waals surface area contributed by atoms with Crippen LogP contribution in [0.2, 0.25) is 10.0 Å². The summed E-state index contributed by atoms with van der Waals surface area (Å²) in [5.74, 6) is 0. The van der Waals surface area contributed by atoms with Crippen LogP contribution in [0.5, 0.6) is 0 Å². The summed E-state index contributed by atoms with van der Waals surface area (Å²) >= 11 is 12.9. The SMILES string of the molecule is Cc1ccc(-c2cc(Cc3c(Cl)cccc3Cl)c(=O)n(Cn3ccc4ccccc43)n2)cc1C. The van der Waals surface area contributed by atoms with Crippen molar-refractivity contribution in [2.24, 2.45) is 0 Å². The van der Waals surface area contributed by atoms with E-state index in [1.54, 1.807) is 18.2 Å². The van der Waals surface area contributed by atoms with Crippen molar-refractivity contribution >= 4 is 34.1 Å². The molecule has 4 nitrogen and oxygen atoms in total. The van der Waals surface area contributed by atoms with E-state index < -0.39 is 0 Å². The van der Waals surface area contributed by atoms with Gasteiger partial charge in [-0.05, 0) is 72.3 Å². The van der Waals surface area contributed by atoms with Gasteiger partial charge < -0.3 is 4.57 Å². The number of halogens is 2. The first kappa shape index (κ1) is 22.5. The molecule has 0 radical (unpaired) electrons. The lowest BCUT2D eigenvalue weighted by Crippen LogP contribution is -2.29. The van der Waals surface area contributed by atoms with Crippen LogP contribution in [0.4, 0.5) is 0 Å². The fraction of sp³-hybridized carbons (Fsp3) is 0.143. The van der Waals surface area contributed by atoms with E-state index in [2.05, 4.69) is 32.0 Å². The average Bonchev–Trinajstić information content (AvgIpc) is 3.23. The molecule has 0 fully saturated rings. The van der Waals surface area contributed by atoms with Gasteiger partial charge in [-0.15, -0.1) is 0 Å². The second kappa shape index (κ2) is 9.13. The van der Waals surface area contributed by atoms with Crippen molar-refractivity contribution in [3.63, 3.8) is 0 Å². The number of fused-ring (bicyclic) bond motifs is 1. The number of hydrogen-bond donors (Lipinski definition) is 0. The van der Waals surface area contributed by atoms with Gasteiger partial charge in [0.25, 0.3) is 5.56 Å². The maximum absolute atomic E-state index is 13.6. The molecule has 2 aromatic heterocycles. The van der Waals surface area contributed by atoms with Gasteiger partial charge in [0.05, 0.1) is 5.69 Å². The normalized spacial score (nSPS) is 11.3. The Hall–Kier alpha value is -3.34. The standard InChI is InChI=1S/C28H23Cl2N3O/c1-18-10-11-21(14-19(18)2)26-16-22(15-23-24(29)7-5-8-25(23)30)28(34)33(31-26)17-32-13-12-20-6-3-4-9-27(20)32/h3-14,16H,15,17H2,1-2H3. The van der Waals surface area contributed by atoms with Crippen molar-refractivity contribution in [3.05, 3.63) is 122 Å². The first-order valence-corrected chi connectivity index (χ1v) is 11.8. The van der Waals surface area contributed by atoms with Gasteiger partial charge in [0.1, 0.15) is 6.67 Å². The molecule has 0 aliphatic carbocycles. The lowest BCUT2D eigenvalue weighted by molar-refractivity contribution is 0.530. The van der Waals surface area contributed by atoms with Crippen LogP contribution in [-0.4, -0.2) is 14.3 Å². The first-order chi connectivity index (χ1) is 16.4. The van der Waals surface area contributed by atoms with Crippen molar-refractivity contribution in [1.29, 1.82) is 0 Å². The van der Waals surface area contributed by atoms with E-state index in [0.717, 1.165) is 27.7 Å². The predicted octanol–water partition coefficient (Wildman–Crippen LogP) is 6.89. The zero-order valence-electron chi connectivity index (χ0n) is 18.9. The molecule has 0 spiro atoms. The van der Waals surface area contributed by atoms with E-state index in [9.17, 15) is 4.79 Å². The number of benzene rings is 3. The Balaban J connectivity index is 1.66. The van der Waals surface area contributed by atoms with Crippen LogP contribution in [0.3, 0.4) is 0 Å². The second-order valence-electron chi connectivity index (χ2n) is 8.52. The van der Waals surface area contributed by atoms with Gasteiger partial charge in [0, 0.05) is 39.3 Å². The fourth-order valence-electron chi connectivity index (χ4n) is 4.16. The van der Waals surface area contributed by atoms with Crippen LogP contribution in [0.25, 0.3) is 22.2 Å². The van der Waals surface area contributed by atoms with Crippen molar-refractivity contribution in [1.82, 2.24) is 14.3 Å². The van der Waals surface area contributed by atoms with Crippen LogP contribution in [0.1, 0.15) is 22.3 Å². The zero-order chi connectivity index (χ0) is 23.8. The Kier molecular flexibility index (Phi) is 6.03. The highest BCUT2D eigenvalue weighted by Gasteiger charge is 2.15. The molecule has 0 bridgehead atoms. The number of rotatable bonds is 5. The smallest absolute Gasteiger partial charge is 0.272 e. The summed E-state index contributed by atoms with van der Waals surface area (Å²) in [6, 6.07) is 23.6. The van der Waals surface area contributed by atoms with Crippen molar-refractivity contribution < 1.29 is 0 Å². The molecule has 0 amide bonds. The van der Waals surface area contributed by atoms with Gasteiger partial charge in [-0.25, -0.2) is 4.68 Å². The quantitative estimate of drug-likeness (QED) is 0.270. The van der Waals surface area contributed by atoms with E-state index in [0.29, 0.717) is 28.7 Å². The molecule has 0 N–H and O–H groups in total. The third-order valence-electron chi connectivity index (χ3n) is 6.25. The highest BCUT2D eigenvalue weighted by Crippen LogP contribution is 2.27. The number of hydrogen-bond acceptors (Lipinski definition) is 2. The van der Waals surface area contributed by atoms with Crippen LogP contribution < -0.4 is 5.56 Å². The maximum Gasteiger partial charge on any atom is 0.272 e. The highest BCUT2D eigenvalue weighted by molar-refractivity contribution is 6.36. The second-order valence-corrected chi connectivity index (χ2v) is 9.34. The molecule has 0 unspecified atom stereocenters. The molecular formula is C28H23Cl2N3O. The number of para-hydroxylation sites is 1. The minimum Gasteiger partial charge on any atom is -0.327 e. The lowest BCUT2D eigenvalue weighted by atomic mass is 10.0. The van der Waals surface area contributed by atoms with E-state index in [1.165, 1.54) is 15.8 Å². The van der Waals surface area contributed by atoms with Crippen LogP contribution in [0.15, 0.2) is 83.8 Å². The molecule has 0 aliphatic heterocycles. The van der Waals surface area contributed by atoms with Crippen LogP contribution in [-0.2, 0) is 13.1 Å². The third kappa shape index (κ3) is 4.27. The van der Waals surface area contributed by atoms with Crippen LogP contribution >= 0.6 is 23.2 Å². The van der Waals surface area contributed by atoms with Gasteiger partial charge in [0.15, 0.2) is 0 Å². The summed E-state index contributed by atoms with van der Waals surface area (Å²) in [6.45, 7) is 4.45. The zero-order valence-corrected chi connectivity index (χ0v) is 20.4. The lowest BCUT2D eigenvalue weighted by Gasteiger charge is -2.14. The van der Waals surface area contributed by atoms with Gasteiger partial charge in [0.2, 0.25) is 0 Å². The Morgan fingerprint density at radius 1 is 0.853 bits per heavy atom. The molecule has 0 saturated carbocycles. The fourth-order valence-corrected chi connectivity index (χ4v) is 4.69. The van der Waals surface area contributed by atoms with Crippen molar-refractivity contribution in [2.45, 2.75) is 26.9 Å². The Morgan fingerprint density at radius 2 is 1.62 bits per heavy atom. The first-order valence-electron chi connectivity index (χ1n) is 11.1. The van der Waals surface area contributed by atoms with E-state index in [4.69, 9.17) is 28.3 Å². The molecule has 5 aromatic rings.